The molecule has 1 aliphatic heterocycles. The number of rotatable bonds is 3. The molecule has 0 radical (unpaired) electrons. The molecule has 1 aromatic rings. The lowest BCUT2D eigenvalue weighted by atomic mass is 10.1. The molecule has 0 bridgehead atoms. The van der Waals surface area contributed by atoms with E-state index in [9.17, 15) is 0 Å². The fourth-order valence-electron chi connectivity index (χ4n) is 2.01. The van der Waals surface area contributed by atoms with Crippen LogP contribution in [0.1, 0.15) is 24.4 Å². The molecule has 0 saturated carbocycles. The Morgan fingerprint density at radius 2 is 1.80 bits per heavy atom. The van der Waals surface area contributed by atoms with Gasteiger partial charge in [-0.2, -0.15) is 0 Å². The van der Waals surface area contributed by atoms with Crippen molar-refractivity contribution in [3.8, 4) is 0 Å². The minimum Gasteiger partial charge on any atom is -0.394 e. The van der Waals surface area contributed by atoms with Gasteiger partial charge in [0.15, 0.2) is 0 Å². The quantitative estimate of drug-likeness (QED) is 0.783. The first-order valence-electron chi connectivity index (χ1n) is 5.52. The second-order valence-electron chi connectivity index (χ2n) is 4.07. The number of benzene rings is 1. The summed E-state index contributed by atoms with van der Waals surface area (Å²) in [4.78, 5) is 2.38. The van der Waals surface area contributed by atoms with E-state index in [1.165, 1.54) is 18.5 Å². The lowest BCUT2D eigenvalue weighted by Gasteiger charge is -2.18. The summed E-state index contributed by atoms with van der Waals surface area (Å²) in [6, 6.07) is 7.95. The van der Waals surface area contributed by atoms with E-state index >= 15 is 0 Å². The van der Waals surface area contributed by atoms with Crippen LogP contribution < -0.4 is 10.6 Å². The Labute approximate surface area is 90.5 Å². The molecule has 15 heavy (non-hydrogen) atoms. The zero-order valence-corrected chi connectivity index (χ0v) is 8.89. The monoisotopic (exact) mass is 206 g/mol. The predicted octanol–water partition coefficient (Wildman–Crippen LogP) is 1.28. The number of anilines is 1. The third-order valence-corrected chi connectivity index (χ3v) is 2.99. The van der Waals surface area contributed by atoms with Crippen LogP contribution >= 0.6 is 0 Å². The van der Waals surface area contributed by atoms with Gasteiger partial charge in [-0.05, 0) is 30.5 Å². The highest BCUT2D eigenvalue weighted by molar-refractivity contribution is 5.48. The minimum absolute atomic E-state index is 0.00304. The number of nitrogens with two attached hydrogens (primary N) is 1. The third kappa shape index (κ3) is 2.30. The van der Waals surface area contributed by atoms with E-state index in [0.29, 0.717) is 0 Å². The van der Waals surface area contributed by atoms with Gasteiger partial charge in [0, 0.05) is 18.8 Å². The summed E-state index contributed by atoms with van der Waals surface area (Å²) in [5.41, 5.74) is 8.00. The number of aliphatic hydroxyl groups is 1. The highest BCUT2D eigenvalue weighted by Crippen LogP contribution is 2.21. The summed E-state index contributed by atoms with van der Waals surface area (Å²) >= 11 is 0. The van der Waals surface area contributed by atoms with Gasteiger partial charge in [0.2, 0.25) is 0 Å². The van der Waals surface area contributed by atoms with Gasteiger partial charge >= 0.3 is 0 Å². The molecule has 1 aliphatic rings. The first-order valence-corrected chi connectivity index (χ1v) is 5.52. The predicted molar refractivity (Wildman–Crippen MR) is 61.9 cm³/mol. The molecule has 1 atom stereocenters. The van der Waals surface area contributed by atoms with Crippen LogP contribution in [0.2, 0.25) is 0 Å². The molecule has 0 aliphatic carbocycles. The second kappa shape index (κ2) is 4.64. The SMILES string of the molecule is NC(CO)c1ccc(N2CCCC2)cc1. The van der Waals surface area contributed by atoms with Gasteiger partial charge in [-0.1, -0.05) is 12.1 Å². The molecule has 1 fully saturated rings. The van der Waals surface area contributed by atoms with E-state index in [-0.39, 0.29) is 12.6 Å². The number of aliphatic hydroxyl groups excluding tert-OH is 1. The lowest BCUT2D eigenvalue weighted by molar-refractivity contribution is 0.268. The zero-order valence-electron chi connectivity index (χ0n) is 8.89. The van der Waals surface area contributed by atoms with Crippen molar-refractivity contribution >= 4 is 5.69 Å². The van der Waals surface area contributed by atoms with Gasteiger partial charge < -0.3 is 15.7 Å². The van der Waals surface area contributed by atoms with Gasteiger partial charge in [-0.15, -0.1) is 0 Å². The van der Waals surface area contributed by atoms with E-state index in [1.807, 2.05) is 12.1 Å². The van der Waals surface area contributed by atoms with Gasteiger partial charge in [0.1, 0.15) is 0 Å². The molecule has 3 nitrogen and oxygen atoms in total. The van der Waals surface area contributed by atoms with Crippen molar-refractivity contribution in [3.63, 3.8) is 0 Å². The average Bonchev–Trinajstić information content (AvgIpc) is 2.82. The largest absolute Gasteiger partial charge is 0.394 e. The second-order valence-corrected chi connectivity index (χ2v) is 4.07. The standard InChI is InChI=1S/C12H18N2O/c13-12(9-15)10-3-5-11(6-4-10)14-7-1-2-8-14/h3-6,12,15H,1-2,7-9,13H2. The van der Waals surface area contributed by atoms with Crippen molar-refractivity contribution in [2.75, 3.05) is 24.6 Å². The Hall–Kier alpha value is -1.06. The Morgan fingerprint density at radius 3 is 2.33 bits per heavy atom. The van der Waals surface area contributed by atoms with E-state index in [4.69, 9.17) is 10.8 Å². The molecule has 0 aromatic heterocycles. The van der Waals surface area contributed by atoms with E-state index < -0.39 is 0 Å². The molecular formula is C12H18N2O. The molecule has 1 unspecified atom stereocenters. The average molecular weight is 206 g/mol. The van der Waals surface area contributed by atoms with Crippen LogP contribution in [0.4, 0.5) is 5.69 Å². The fraction of sp³-hybridized carbons (Fsp3) is 0.500. The van der Waals surface area contributed by atoms with E-state index in [2.05, 4.69) is 17.0 Å². The van der Waals surface area contributed by atoms with Crippen LogP contribution in [0, 0.1) is 0 Å². The first kappa shape index (κ1) is 10.5. The van der Waals surface area contributed by atoms with Crippen molar-refractivity contribution in [3.05, 3.63) is 29.8 Å². The van der Waals surface area contributed by atoms with Crippen LogP contribution in [0.25, 0.3) is 0 Å². The maximum absolute atomic E-state index is 8.93. The summed E-state index contributed by atoms with van der Waals surface area (Å²) in [7, 11) is 0. The fourth-order valence-corrected chi connectivity index (χ4v) is 2.01. The molecule has 2 rings (SSSR count). The van der Waals surface area contributed by atoms with E-state index in [0.717, 1.165) is 18.7 Å². The third-order valence-electron chi connectivity index (χ3n) is 2.99. The summed E-state index contributed by atoms with van der Waals surface area (Å²) in [6.45, 7) is 2.32. The highest BCUT2D eigenvalue weighted by atomic mass is 16.3. The Kier molecular flexibility index (Phi) is 3.23. The number of hydrogen-bond acceptors (Lipinski definition) is 3. The summed E-state index contributed by atoms with van der Waals surface area (Å²) < 4.78 is 0. The maximum Gasteiger partial charge on any atom is 0.0624 e. The molecule has 1 heterocycles. The number of hydrogen-bond donors (Lipinski definition) is 2. The van der Waals surface area contributed by atoms with Crippen LogP contribution in [0.15, 0.2) is 24.3 Å². The Morgan fingerprint density at radius 1 is 1.20 bits per heavy atom. The normalized spacial score (nSPS) is 18.1. The first-order chi connectivity index (χ1) is 7.31. The van der Waals surface area contributed by atoms with Crippen molar-refractivity contribution in [2.24, 2.45) is 5.73 Å². The minimum atomic E-state index is -0.252. The topological polar surface area (TPSA) is 49.5 Å². The van der Waals surface area contributed by atoms with Gasteiger partial charge in [-0.3, -0.25) is 0 Å². The van der Waals surface area contributed by atoms with Gasteiger partial charge in [0.05, 0.1) is 12.6 Å². The molecule has 82 valence electrons. The van der Waals surface area contributed by atoms with Crippen LogP contribution in [-0.2, 0) is 0 Å². The molecule has 1 saturated heterocycles. The molecule has 1 aromatic carbocycles. The molecule has 3 N–H and O–H groups in total. The van der Waals surface area contributed by atoms with Crippen molar-refractivity contribution in [2.45, 2.75) is 18.9 Å². The van der Waals surface area contributed by atoms with Crippen molar-refractivity contribution in [1.29, 1.82) is 0 Å². The van der Waals surface area contributed by atoms with Crippen LogP contribution in [-0.4, -0.2) is 24.8 Å². The van der Waals surface area contributed by atoms with Gasteiger partial charge in [-0.25, -0.2) is 0 Å². The highest BCUT2D eigenvalue weighted by Gasteiger charge is 2.12. The zero-order chi connectivity index (χ0) is 10.7. The summed E-state index contributed by atoms with van der Waals surface area (Å²) in [5.74, 6) is 0. The molecule has 0 amide bonds. The van der Waals surface area contributed by atoms with Crippen LogP contribution in [0.3, 0.4) is 0 Å². The van der Waals surface area contributed by atoms with Gasteiger partial charge in [0.25, 0.3) is 0 Å². The number of nitrogens with zero attached hydrogens (tertiary/aromatic N) is 1. The Bertz CT molecular complexity index is 304. The molecule has 0 spiro atoms. The molecular weight excluding hydrogens is 188 g/mol. The van der Waals surface area contributed by atoms with Crippen molar-refractivity contribution < 1.29 is 5.11 Å². The maximum atomic E-state index is 8.93. The van der Waals surface area contributed by atoms with Crippen LogP contribution in [0.5, 0.6) is 0 Å². The lowest BCUT2D eigenvalue weighted by Crippen LogP contribution is -2.18. The van der Waals surface area contributed by atoms with Crippen molar-refractivity contribution in [1.82, 2.24) is 0 Å². The van der Waals surface area contributed by atoms with E-state index in [1.54, 1.807) is 0 Å². The smallest absolute Gasteiger partial charge is 0.0624 e. The summed E-state index contributed by atoms with van der Waals surface area (Å²) in [5, 5.41) is 8.93. The Balaban J connectivity index is 2.09. The molecule has 3 heteroatoms. The summed E-state index contributed by atoms with van der Waals surface area (Å²) in [6.07, 6.45) is 2.58.